The molecular weight excluding hydrogens is 256 g/mol. The highest BCUT2D eigenvalue weighted by molar-refractivity contribution is 5.74. The van der Waals surface area contributed by atoms with Gasteiger partial charge in [-0.15, -0.1) is 0 Å². The van der Waals surface area contributed by atoms with E-state index in [1.165, 1.54) is 0 Å². The van der Waals surface area contributed by atoms with Crippen molar-refractivity contribution >= 4 is 12.0 Å². The van der Waals surface area contributed by atoms with E-state index in [-0.39, 0.29) is 23.8 Å². The maximum atomic E-state index is 12.1. The third-order valence-corrected chi connectivity index (χ3v) is 3.82. The van der Waals surface area contributed by atoms with Gasteiger partial charge in [0.15, 0.2) is 0 Å². The molecule has 5 heteroatoms. The average molecular weight is 284 g/mol. The van der Waals surface area contributed by atoms with Gasteiger partial charge >= 0.3 is 12.0 Å². The minimum atomic E-state index is -0.758. The highest BCUT2D eigenvalue weighted by Crippen LogP contribution is 2.26. The van der Waals surface area contributed by atoms with Gasteiger partial charge in [-0.05, 0) is 30.1 Å². The van der Waals surface area contributed by atoms with Crippen molar-refractivity contribution in [2.75, 3.05) is 19.6 Å². The molecule has 0 radical (unpaired) electrons. The number of carbonyl (C=O) groups is 2. The zero-order valence-corrected chi connectivity index (χ0v) is 13.1. The van der Waals surface area contributed by atoms with Gasteiger partial charge in [-0.25, -0.2) is 4.79 Å². The Balaban J connectivity index is 2.47. The van der Waals surface area contributed by atoms with Crippen LogP contribution in [0.2, 0.25) is 0 Å². The summed E-state index contributed by atoms with van der Waals surface area (Å²) in [6.45, 7) is 10.3. The molecule has 0 saturated carbocycles. The number of hydrogen-bond donors (Lipinski definition) is 2. The summed E-state index contributed by atoms with van der Waals surface area (Å²) in [5, 5.41) is 11.8. The molecule has 0 bridgehead atoms. The second-order valence-electron chi connectivity index (χ2n) is 7.14. The lowest BCUT2D eigenvalue weighted by molar-refractivity contribution is -0.138. The third kappa shape index (κ3) is 5.80. The summed E-state index contributed by atoms with van der Waals surface area (Å²) in [6.07, 6.45) is 2.15. The van der Waals surface area contributed by atoms with Crippen molar-refractivity contribution in [3.05, 3.63) is 0 Å². The summed E-state index contributed by atoms with van der Waals surface area (Å²) in [5.74, 6) is -0.349. The molecule has 1 heterocycles. The lowest BCUT2D eigenvalue weighted by Crippen LogP contribution is -2.48. The predicted molar refractivity (Wildman–Crippen MR) is 78.6 cm³/mol. The van der Waals surface area contributed by atoms with Gasteiger partial charge in [0.1, 0.15) is 0 Å². The van der Waals surface area contributed by atoms with Crippen LogP contribution in [0.5, 0.6) is 0 Å². The fourth-order valence-corrected chi connectivity index (χ4v) is 2.55. The first-order valence-electron chi connectivity index (χ1n) is 7.43. The summed E-state index contributed by atoms with van der Waals surface area (Å²) >= 11 is 0. The SMILES string of the molecule is CC(CC(=O)O)C1CCCN(C(=O)NCC(C)(C)C)C1. The van der Waals surface area contributed by atoms with Gasteiger partial charge in [0.05, 0.1) is 0 Å². The summed E-state index contributed by atoms with van der Waals surface area (Å²) in [6, 6.07) is -0.0212. The summed E-state index contributed by atoms with van der Waals surface area (Å²) in [4.78, 5) is 24.8. The van der Waals surface area contributed by atoms with Crippen LogP contribution in [0.4, 0.5) is 4.79 Å². The number of likely N-dealkylation sites (tertiary alicyclic amines) is 1. The Morgan fingerprint density at radius 2 is 2.05 bits per heavy atom. The van der Waals surface area contributed by atoms with Gasteiger partial charge in [0, 0.05) is 26.1 Å². The highest BCUT2D eigenvalue weighted by Gasteiger charge is 2.28. The zero-order valence-electron chi connectivity index (χ0n) is 13.1. The number of nitrogens with one attached hydrogen (secondary N) is 1. The first-order chi connectivity index (χ1) is 9.19. The fourth-order valence-electron chi connectivity index (χ4n) is 2.55. The Morgan fingerprint density at radius 1 is 1.40 bits per heavy atom. The van der Waals surface area contributed by atoms with Crippen molar-refractivity contribution in [1.29, 1.82) is 0 Å². The van der Waals surface area contributed by atoms with Crippen molar-refractivity contribution in [3.8, 4) is 0 Å². The number of hydrogen-bond acceptors (Lipinski definition) is 2. The van der Waals surface area contributed by atoms with E-state index >= 15 is 0 Å². The van der Waals surface area contributed by atoms with Gasteiger partial charge in [-0.3, -0.25) is 4.79 Å². The number of carbonyl (C=O) groups excluding carboxylic acids is 1. The molecule has 0 aliphatic carbocycles. The number of nitrogens with zero attached hydrogens (tertiary/aromatic N) is 1. The Labute approximate surface area is 121 Å². The summed E-state index contributed by atoms with van der Waals surface area (Å²) in [7, 11) is 0. The predicted octanol–water partition coefficient (Wildman–Crippen LogP) is 2.56. The van der Waals surface area contributed by atoms with Gasteiger partial charge in [0.25, 0.3) is 0 Å². The molecule has 0 aromatic heterocycles. The number of carboxylic acids is 1. The maximum absolute atomic E-state index is 12.1. The second-order valence-corrected chi connectivity index (χ2v) is 7.14. The number of amides is 2. The first kappa shape index (κ1) is 16.8. The molecule has 20 heavy (non-hydrogen) atoms. The van der Waals surface area contributed by atoms with Crippen molar-refractivity contribution < 1.29 is 14.7 Å². The van der Waals surface area contributed by atoms with E-state index < -0.39 is 5.97 Å². The van der Waals surface area contributed by atoms with Crippen molar-refractivity contribution in [3.63, 3.8) is 0 Å². The van der Waals surface area contributed by atoms with Crippen molar-refractivity contribution in [2.45, 2.75) is 47.0 Å². The van der Waals surface area contributed by atoms with Crippen molar-refractivity contribution in [1.82, 2.24) is 10.2 Å². The standard InChI is InChI=1S/C15H28N2O3/c1-11(8-13(18)19)12-6-5-7-17(9-12)14(20)16-10-15(2,3)4/h11-12H,5-10H2,1-4H3,(H,16,20)(H,18,19). The number of rotatable bonds is 4. The Kier molecular flexibility index (Phi) is 5.84. The highest BCUT2D eigenvalue weighted by atomic mass is 16.4. The number of aliphatic carboxylic acids is 1. The van der Waals surface area contributed by atoms with Gasteiger partial charge in [0.2, 0.25) is 0 Å². The molecule has 1 rings (SSSR count). The number of urea groups is 1. The quantitative estimate of drug-likeness (QED) is 0.833. The molecular formula is C15H28N2O3. The first-order valence-corrected chi connectivity index (χ1v) is 7.43. The Hall–Kier alpha value is -1.26. The van der Waals surface area contributed by atoms with Crippen molar-refractivity contribution in [2.24, 2.45) is 17.3 Å². The molecule has 1 saturated heterocycles. The van der Waals surface area contributed by atoms with Crippen LogP contribution in [-0.2, 0) is 4.79 Å². The lowest BCUT2D eigenvalue weighted by atomic mass is 9.85. The van der Waals surface area contributed by atoms with Crippen LogP contribution >= 0.6 is 0 Å². The molecule has 2 amide bonds. The molecule has 0 aromatic rings. The van der Waals surface area contributed by atoms with Crippen LogP contribution in [-0.4, -0.2) is 41.6 Å². The smallest absolute Gasteiger partial charge is 0.317 e. The summed E-state index contributed by atoms with van der Waals surface area (Å²) < 4.78 is 0. The minimum absolute atomic E-state index is 0.0212. The molecule has 2 unspecified atom stereocenters. The van der Waals surface area contributed by atoms with Crippen LogP contribution in [0.15, 0.2) is 0 Å². The number of carboxylic acid groups (broad SMARTS) is 1. The van der Waals surface area contributed by atoms with E-state index in [0.29, 0.717) is 19.0 Å². The Bertz CT molecular complexity index is 350. The molecule has 0 spiro atoms. The van der Waals surface area contributed by atoms with E-state index in [0.717, 1.165) is 19.4 Å². The molecule has 0 aromatic carbocycles. The average Bonchev–Trinajstić information content (AvgIpc) is 2.34. The van der Waals surface area contributed by atoms with Gasteiger partial charge < -0.3 is 15.3 Å². The maximum Gasteiger partial charge on any atom is 0.317 e. The molecule has 1 aliphatic heterocycles. The fraction of sp³-hybridized carbons (Fsp3) is 0.867. The molecule has 2 N–H and O–H groups in total. The lowest BCUT2D eigenvalue weighted by Gasteiger charge is -2.36. The minimum Gasteiger partial charge on any atom is -0.481 e. The van der Waals surface area contributed by atoms with Crippen LogP contribution < -0.4 is 5.32 Å². The molecule has 5 nitrogen and oxygen atoms in total. The zero-order chi connectivity index (χ0) is 15.3. The summed E-state index contributed by atoms with van der Waals surface area (Å²) in [5.41, 5.74) is 0.0709. The van der Waals surface area contributed by atoms with Crippen LogP contribution in [0.1, 0.15) is 47.0 Å². The van der Waals surface area contributed by atoms with E-state index in [1.54, 1.807) is 0 Å². The monoisotopic (exact) mass is 284 g/mol. The van der Waals surface area contributed by atoms with Gasteiger partial charge in [-0.2, -0.15) is 0 Å². The molecule has 1 fully saturated rings. The van der Waals surface area contributed by atoms with Gasteiger partial charge in [-0.1, -0.05) is 27.7 Å². The molecule has 116 valence electrons. The topological polar surface area (TPSA) is 69.6 Å². The van der Waals surface area contributed by atoms with E-state index in [1.807, 2.05) is 11.8 Å². The van der Waals surface area contributed by atoms with Crippen LogP contribution in [0.25, 0.3) is 0 Å². The van der Waals surface area contributed by atoms with Crippen LogP contribution in [0, 0.1) is 17.3 Å². The Morgan fingerprint density at radius 3 is 2.60 bits per heavy atom. The van der Waals surface area contributed by atoms with E-state index in [2.05, 4.69) is 26.1 Å². The largest absolute Gasteiger partial charge is 0.481 e. The van der Waals surface area contributed by atoms with E-state index in [9.17, 15) is 9.59 Å². The van der Waals surface area contributed by atoms with Crippen LogP contribution in [0.3, 0.4) is 0 Å². The molecule has 2 atom stereocenters. The molecule has 1 aliphatic rings. The third-order valence-electron chi connectivity index (χ3n) is 3.82. The number of piperidine rings is 1. The van der Waals surface area contributed by atoms with E-state index in [4.69, 9.17) is 5.11 Å². The normalized spacial score (nSPS) is 21.4. The second kappa shape index (κ2) is 6.95.